The molecule has 1 aromatic heterocycles. The van der Waals surface area contributed by atoms with Crippen molar-refractivity contribution in [2.45, 2.75) is 6.92 Å². The maximum Gasteiger partial charge on any atom is 0.138 e. The number of aromatic nitrogens is 1. The molecule has 2 N–H and O–H groups in total. The molecule has 0 aliphatic rings. The monoisotopic (exact) mass is 221 g/mol. The predicted molar refractivity (Wildman–Crippen MR) is 67.9 cm³/mol. The molecule has 4 nitrogen and oxygen atoms in total. The van der Waals surface area contributed by atoms with Gasteiger partial charge in [0.2, 0.25) is 0 Å². The van der Waals surface area contributed by atoms with E-state index in [2.05, 4.69) is 29.1 Å². The maximum absolute atomic E-state index is 5.55. The third-order valence-electron chi connectivity index (χ3n) is 2.15. The summed E-state index contributed by atoms with van der Waals surface area (Å²) in [6.07, 6.45) is 3.47. The van der Waals surface area contributed by atoms with Gasteiger partial charge in [-0.3, -0.25) is 0 Å². The van der Waals surface area contributed by atoms with Crippen LogP contribution in [0.4, 0.5) is 5.82 Å². The SMILES string of the molecule is C=Cc1cc(OCCNCC)cnc1NC. The highest BCUT2D eigenvalue weighted by Crippen LogP contribution is 2.19. The van der Waals surface area contributed by atoms with Crippen LogP contribution in [0.25, 0.3) is 6.08 Å². The Labute approximate surface area is 96.7 Å². The molecule has 0 aliphatic carbocycles. The molecule has 0 bridgehead atoms. The van der Waals surface area contributed by atoms with E-state index in [0.29, 0.717) is 6.61 Å². The first-order valence-electron chi connectivity index (χ1n) is 5.45. The lowest BCUT2D eigenvalue weighted by Gasteiger charge is -2.09. The summed E-state index contributed by atoms with van der Waals surface area (Å²) in [5.41, 5.74) is 0.948. The third-order valence-corrected chi connectivity index (χ3v) is 2.15. The van der Waals surface area contributed by atoms with Crippen molar-refractivity contribution in [3.63, 3.8) is 0 Å². The quantitative estimate of drug-likeness (QED) is 0.689. The van der Waals surface area contributed by atoms with E-state index in [9.17, 15) is 0 Å². The standard InChI is InChI=1S/C12H19N3O/c1-4-10-8-11(9-15-12(10)13-3)16-7-6-14-5-2/h4,8-9,14H,1,5-7H2,2-3H3,(H,13,15). The second-order valence-corrected chi connectivity index (χ2v) is 3.26. The summed E-state index contributed by atoms with van der Waals surface area (Å²) in [6, 6.07) is 1.93. The average molecular weight is 221 g/mol. The summed E-state index contributed by atoms with van der Waals surface area (Å²) < 4.78 is 5.55. The van der Waals surface area contributed by atoms with Crippen LogP contribution in [0.5, 0.6) is 5.75 Å². The van der Waals surface area contributed by atoms with Crippen LogP contribution in [0.15, 0.2) is 18.8 Å². The minimum atomic E-state index is 0.644. The van der Waals surface area contributed by atoms with E-state index < -0.39 is 0 Å². The zero-order chi connectivity index (χ0) is 11.8. The Kier molecular flexibility index (Phi) is 5.36. The van der Waals surface area contributed by atoms with Gasteiger partial charge in [-0.05, 0) is 12.6 Å². The normalized spacial score (nSPS) is 9.88. The smallest absolute Gasteiger partial charge is 0.138 e. The number of likely N-dealkylation sites (N-methyl/N-ethyl adjacent to an activating group) is 1. The molecule has 0 atom stereocenters. The van der Waals surface area contributed by atoms with Gasteiger partial charge in [0.05, 0.1) is 6.20 Å². The van der Waals surface area contributed by atoms with Crippen molar-refractivity contribution in [2.24, 2.45) is 0 Å². The van der Waals surface area contributed by atoms with Crippen LogP contribution < -0.4 is 15.4 Å². The van der Waals surface area contributed by atoms with Gasteiger partial charge in [0.1, 0.15) is 18.2 Å². The van der Waals surface area contributed by atoms with Crippen molar-refractivity contribution in [3.8, 4) is 5.75 Å². The van der Waals surface area contributed by atoms with Gasteiger partial charge in [0.25, 0.3) is 0 Å². The number of ether oxygens (including phenoxy) is 1. The van der Waals surface area contributed by atoms with Crippen LogP contribution in [-0.2, 0) is 0 Å². The summed E-state index contributed by atoms with van der Waals surface area (Å²) in [4.78, 5) is 4.24. The molecule has 4 heteroatoms. The predicted octanol–water partition coefficient (Wildman–Crippen LogP) is 1.75. The van der Waals surface area contributed by atoms with Crippen LogP contribution in [0.3, 0.4) is 0 Å². The van der Waals surface area contributed by atoms with Crippen LogP contribution >= 0.6 is 0 Å². The number of nitrogens with zero attached hydrogens (tertiary/aromatic N) is 1. The zero-order valence-corrected chi connectivity index (χ0v) is 9.92. The molecule has 0 radical (unpaired) electrons. The molecule has 0 aromatic carbocycles. The first kappa shape index (κ1) is 12.5. The molecule has 16 heavy (non-hydrogen) atoms. The van der Waals surface area contributed by atoms with Crippen molar-refractivity contribution in [3.05, 3.63) is 24.4 Å². The Morgan fingerprint density at radius 2 is 2.38 bits per heavy atom. The van der Waals surface area contributed by atoms with Gasteiger partial charge < -0.3 is 15.4 Å². The number of pyridine rings is 1. The molecule has 1 aromatic rings. The first-order valence-corrected chi connectivity index (χ1v) is 5.45. The number of hydrogen-bond acceptors (Lipinski definition) is 4. The van der Waals surface area contributed by atoms with Gasteiger partial charge in [0, 0.05) is 19.2 Å². The van der Waals surface area contributed by atoms with Gasteiger partial charge in [-0.25, -0.2) is 4.98 Å². The van der Waals surface area contributed by atoms with Crippen molar-refractivity contribution < 1.29 is 4.74 Å². The average Bonchev–Trinajstić information content (AvgIpc) is 2.34. The van der Waals surface area contributed by atoms with Crippen molar-refractivity contribution in [1.82, 2.24) is 10.3 Å². The highest BCUT2D eigenvalue weighted by atomic mass is 16.5. The Morgan fingerprint density at radius 1 is 1.56 bits per heavy atom. The van der Waals surface area contributed by atoms with E-state index in [1.54, 1.807) is 12.3 Å². The van der Waals surface area contributed by atoms with E-state index in [4.69, 9.17) is 4.74 Å². The van der Waals surface area contributed by atoms with Crippen LogP contribution in [0.2, 0.25) is 0 Å². The third kappa shape index (κ3) is 3.55. The second-order valence-electron chi connectivity index (χ2n) is 3.26. The highest BCUT2D eigenvalue weighted by molar-refractivity contribution is 5.62. The molecule has 0 saturated heterocycles. The van der Waals surface area contributed by atoms with Gasteiger partial charge >= 0.3 is 0 Å². The first-order chi connectivity index (χ1) is 7.81. The maximum atomic E-state index is 5.55. The minimum absolute atomic E-state index is 0.644. The van der Waals surface area contributed by atoms with Gasteiger partial charge in [-0.1, -0.05) is 19.6 Å². The van der Waals surface area contributed by atoms with Gasteiger partial charge in [-0.2, -0.15) is 0 Å². The molecule has 0 aliphatic heterocycles. The molecule has 0 fully saturated rings. The Bertz CT molecular complexity index is 339. The summed E-state index contributed by atoms with van der Waals surface area (Å²) in [6.45, 7) is 8.25. The Hall–Kier alpha value is -1.55. The molecule has 0 saturated carbocycles. The van der Waals surface area contributed by atoms with Gasteiger partial charge in [0.15, 0.2) is 0 Å². The summed E-state index contributed by atoms with van der Waals surface area (Å²) in [5.74, 6) is 1.58. The lowest BCUT2D eigenvalue weighted by atomic mass is 10.2. The lowest BCUT2D eigenvalue weighted by Crippen LogP contribution is -2.20. The van der Waals surface area contributed by atoms with E-state index in [-0.39, 0.29) is 0 Å². The summed E-state index contributed by atoms with van der Waals surface area (Å²) >= 11 is 0. The number of anilines is 1. The van der Waals surface area contributed by atoms with Crippen molar-refractivity contribution in [2.75, 3.05) is 32.1 Å². The number of hydrogen-bond donors (Lipinski definition) is 2. The number of rotatable bonds is 7. The zero-order valence-electron chi connectivity index (χ0n) is 9.92. The van der Waals surface area contributed by atoms with Crippen LogP contribution in [-0.4, -0.2) is 31.7 Å². The van der Waals surface area contributed by atoms with Crippen LogP contribution in [0.1, 0.15) is 12.5 Å². The van der Waals surface area contributed by atoms with E-state index in [1.807, 2.05) is 13.1 Å². The van der Waals surface area contributed by atoms with Crippen molar-refractivity contribution in [1.29, 1.82) is 0 Å². The minimum Gasteiger partial charge on any atom is -0.491 e. The van der Waals surface area contributed by atoms with E-state index in [1.165, 1.54) is 0 Å². The fraction of sp³-hybridized carbons (Fsp3) is 0.417. The molecular weight excluding hydrogens is 202 g/mol. The molecule has 0 amide bonds. The molecule has 1 rings (SSSR count). The lowest BCUT2D eigenvalue weighted by molar-refractivity contribution is 0.314. The topological polar surface area (TPSA) is 46.2 Å². The van der Waals surface area contributed by atoms with Crippen molar-refractivity contribution >= 4 is 11.9 Å². The fourth-order valence-corrected chi connectivity index (χ4v) is 1.32. The highest BCUT2D eigenvalue weighted by Gasteiger charge is 2.01. The van der Waals surface area contributed by atoms with Gasteiger partial charge in [-0.15, -0.1) is 0 Å². The molecule has 0 spiro atoms. The summed E-state index contributed by atoms with van der Waals surface area (Å²) in [5, 5.41) is 6.19. The Morgan fingerprint density at radius 3 is 3.00 bits per heavy atom. The summed E-state index contributed by atoms with van der Waals surface area (Å²) in [7, 11) is 1.83. The fourth-order valence-electron chi connectivity index (χ4n) is 1.32. The largest absolute Gasteiger partial charge is 0.491 e. The Balaban J connectivity index is 2.57. The van der Waals surface area contributed by atoms with E-state index >= 15 is 0 Å². The molecular formula is C12H19N3O. The number of nitrogens with one attached hydrogen (secondary N) is 2. The van der Waals surface area contributed by atoms with E-state index in [0.717, 1.165) is 30.2 Å². The van der Waals surface area contributed by atoms with Crippen LogP contribution in [0, 0.1) is 0 Å². The molecule has 1 heterocycles. The molecule has 0 unspecified atom stereocenters. The molecule has 88 valence electrons. The second kappa shape index (κ2) is 6.85.